The number of likely N-dealkylation sites (tertiary alicyclic amines) is 1. The van der Waals surface area contributed by atoms with Crippen LogP contribution >= 0.6 is 0 Å². The summed E-state index contributed by atoms with van der Waals surface area (Å²) in [7, 11) is 0. The molecule has 1 aliphatic carbocycles. The molecule has 0 unspecified atom stereocenters. The average Bonchev–Trinajstić information content (AvgIpc) is 4.18. The quantitative estimate of drug-likeness (QED) is 0.110. The monoisotopic (exact) mass is 885 g/mol. The summed E-state index contributed by atoms with van der Waals surface area (Å²) in [5.41, 5.74) is 2.46. The van der Waals surface area contributed by atoms with E-state index in [-0.39, 0.29) is 47.4 Å². The zero-order valence-corrected chi connectivity index (χ0v) is 35.8. The number of nitrogens with zero attached hydrogens (tertiary/aromatic N) is 7. The smallest absolute Gasteiger partial charge is 0.284 e. The number of morpholine rings is 1. The summed E-state index contributed by atoms with van der Waals surface area (Å²) >= 11 is 0. The number of hydrogen-bond acceptors (Lipinski definition) is 11. The molecule has 4 aliphatic heterocycles. The molecule has 2 N–H and O–H groups in total. The van der Waals surface area contributed by atoms with Crippen molar-refractivity contribution in [2.75, 3.05) is 49.6 Å². The van der Waals surface area contributed by atoms with Crippen molar-refractivity contribution in [3.05, 3.63) is 83.6 Å². The lowest BCUT2D eigenvalue weighted by Crippen LogP contribution is -2.40. The molecule has 3 amide bonds. The first-order valence-corrected chi connectivity index (χ1v) is 22.7. The highest BCUT2D eigenvalue weighted by atomic mass is 19.3. The minimum Gasteiger partial charge on any atom is -0.464 e. The molecule has 6 aromatic rings. The molecule has 2 aromatic carbocycles. The van der Waals surface area contributed by atoms with Gasteiger partial charge in [-0.1, -0.05) is 24.0 Å². The summed E-state index contributed by atoms with van der Waals surface area (Å²) in [4.78, 5) is 47.5. The Hall–Kier alpha value is -6.22. The molecule has 4 saturated heterocycles. The molecule has 0 spiro atoms. The molecule has 3 atom stereocenters. The number of anilines is 2. The number of carbonyl (C=O) groups excluding carboxylic acids is 3. The molecule has 17 heteroatoms. The Balaban J connectivity index is 0.658. The number of imide groups is 1. The van der Waals surface area contributed by atoms with Crippen LogP contribution in [0.1, 0.15) is 103 Å². The second-order valence-electron chi connectivity index (χ2n) is 18.1. The Morgan fingerprint density at radius 1 is 1.02 bits per heavy atom. The van der Waals surface area contributed by atoms with Gasteiger partial charge in [-0.25, -0.2) is 18.3 Å². The third-order valence-electron chi connectivity index (χ3n) is 14.1. The zero-order chi connectivity index (χ0) is 44.2. The van der Waals surface area contributed by atoms with E-state index in [4.69, 9.17) is 18.9 Å². The van der Waals surface area contributed by atoms with Gasteiger partial charge in [0.05, 0.1) is 55.0 Å². The summed E-state index contributed by atoms with van der Waals surface area (Å²) in [6.07, 6.45) is 10.9. The van der Waals surface area contributed by atoms with E-state index in [1.54, 1.807) is 23.3 Å². The number of furan rings is 1. The van der Waals surface area contributed by atoms with Crippen molar-refractivity contribution in [3.8, 4) is 11.8 Å². The Morgan fingerprint density at radius 2 is 1.88 bits per heavy atom. The van der Waals surface area contributed by atoms with Crippen molar-refractivity contribution in [1.29, 1.82) is 0 Å². The van der Waals surface area contributed by atoms with Crippen molar-refractivity contribution < 1.29 is 37.1 Å². The number of fused-ring (bicyclic) bond motifs is 6. The van der Waals surface area contributed by atoms with Crippen LogP contribution in [0.25, 0.3) is 27.4 Å². The minimum atomic E-state index is -2.86. The molecular formula is C48H49F2N9O6. The Kier molecular flexibility index (Phi) is 11.0. The number of aromatic nitrogens is 5. The first-order valence-electron chi connectivity index (χ1n) is 22.7. The molecule has 5 aliphatic rings. The number of carbonyl (C=O) groups is 3. The minimum absolute atomic E-state index is 0.000504. The molecule has 1 saturated carbocycles. The third-order valence-corrected chi connectivity index (χ3v) is 14.1. The van der Waals surface area contributed by atoms with Gasteiger partial charge in [-0.15, -0.1) is 0 Å². The summed E-state index contributed by atoms with van der Waals surface area (Å²) in [6, 6.07) is 11.9. The summed E-state index contributed by atoms with van der Waals surface area (Å²) in [6.45, 7) is 4.57. The normalized spacial score (nSPS) is 24.0. The van der Waals surface area contributed by atoms with Crippen molar-refractivity contribution in [1.82, 2.24) is 34.6 Å². The van der Waals surface area contributed by atoms with E-state index >= 15 is 0 Å². The Bertz CT molecular complexity index is 2860. The van der Waals surface area contributed by atoms with Crippen LogP contribution < -0.4 is 15.5 Å². The van der Waals surface area contributed by atoms with E-state index < -0.39 is 23.9 Å². The molecule has 0 radical (unpaired) electrons. The summed E-state index contributed by atoms with van der Waals surface area (Å²) in [5, 5.41) is 16.5. The molecule has 336 valence electrons. The van der Waals surface area contributed by atoms with Gasteiger partial charge < -0.3 is 29.0 Å². The van der Waals surface area contributed by atoms with Gasteiger partial charge >= 0.3 is 0 Å². The first-order chi connectivity index (χ1) is 31.7. The number of nitrogens with one attached hydrogen (secondary N) is 2. The van der Waals surface area contributed by atoms with Crippen molar-refractivity contribution in [3.63, 3.8) is 0 Å². The number of rotatable bonds is 10. The average molecular weight is 886 g/mol. The fourth-order valence-electron chi connectivity index (χ4n) is 10.7. The molecular weight excluding hydrogens is 837 g/mol. The van der Waals surface area contributed by atoms with E-state index in [1.165, 1.54) is 10.7 Å². The number of halogens is 2. The van der Waals surface area contributed by atoms with E-state index in [0.29, 0.717) is 43.2 Å². The van der Waals surface area contributed by atoms with Gasteiger partial charge in [0.15, 0.2) is 11.3 Å². The van der Waals surface area contributed by atoms with Crippen LogP contribution in [0, 0.1) is 17.8 Å². The number of piperidine rings is 2. The van der Waals surface area contributed by atoms with Crippen molar-refractivity contribution in [2.45, 2.75) is 94.4 Å². The zero-order valence-electron chi connectivity index (χ0n) is 35.8. The lowest BCUT2D eigenvalue weighted by molar-refractivity contribution is -0.134. The fourth-order valence-corrected chi connectivity index (χ4v) is 10.7. The van der Waals surface area contributed by atoms with Crippen LogP contribution in [-0.2, 0) is 19.1 Å². The number of alkyl halides is 2. The van der Waals surface area contributed by atoms with E-state index in [9.17, 15) is 23.2 Å². The fraction of sp³-hybridized carbons (Fsp3) is 0.458. The third kappa shape index (κ3) is 8.12. The van der Waals surface area contributed by atoms with Gasteiger partial charge in [-0.05, 0) is 92.3 Å². The summed E-state index contributed by atoms with van der Waals surface area (Å²) in [5.74, 6) is 6.21. The lowest BCUT2D eigenvalue weighted by Gasteiger charge is -2.36. The largest absolute Gasteiger partial charge is 0.464 e. The highest BCUT2D eigenvalue weighted by molar-refractivity contribution is 6.12. The van der Waals surface area contributed by atoms with Crippen LogP contribution in [0.15, 0.2) is 65.7 Å². The van der Waals surface area contributed by atoms with Gasteiger partial charge in [0, 0.05) is 61.5 Å². The molecule has 8 heterocycles. The highest BCUT2D eigenvalue weighted by Gasteiger charge is 2.40. The molecule has 11 rings (SSSR count). The Morgan fingerprint density at radius 3 is 2.66 bits per heavy atom. The summed E-state index contributed by atoms with van der Waals surface area (Å²) < 4.78 is 49.6. The van der Waals surface area contributed by atoms with Crippen LogP contribution in [0.2, 0.25) is 0 Å². The van der Waals surface area contributed by atoms with Gasteiger partial charge in [-0.3, -0.25) is 24.4 Å². The van der Waals surface area contributed by atoms with E-state index in [1.807, 2.05) is 36.4 Å². The SMILES string of the molecule is O=C1CC[C@@H](c2coc3ccc4c(C#CCOC5CCN(CC6CCC(n7cc(NC(=O)c8cnn9ccc(N%10C[C@H]%11C[C@@H]%10CO%11)nc89)c(C(F)F)n7)CC6)CC5)cccc4c23)C(=O)N1. The second kappa shape index (κ2) is 17.3. The molecule has 5 fully saturated rings. The molecule has 65 heavy (non-hydrogen) atoms. The number of hydrogen-bond donors (Lipinski definition) is 2. The van der Waals surface area contributed by atoms with Crippen molar-refractivity contribution >= 4 is 56.6 Å². The van der Waals surface area contributed by atoms with Crippen molar-refractivity contribution in [2.24, 2.45) is 5.92 Å². The first kappa shape index (κ1) is 41.5. The molecule has 4 aromatic heterocycles. The maximum absolute atomic E-state index is 14.3. The van der Waals surface area contributed by atoms with Gasteiger partial charge in [0.2, 0.25) is 11.8 Å². The number of benzene rings is 2. The molecule has 15 nitrogen and oxygen atoms in total. The number of ether oxygens (including phenoxy) is 2. The van der Waals surface area contributed by atoms with Gasteiger partial charge in [0.1, 0.15) is 23.6 Å². The number of amides is 3. The predicted octanol–water partition coefficient (Wildman–Crippen LogP) is 6.78. The van der Waals surface area contributed by atoms with Gasteiger partial charge in [-0.2, -0.15) is 10.2 Å². The van der Waals surface area contributed by atoms with Crippen LogP contribution in [0.4, 0.5) is 20.3 Å². The van der Waals surface area contributed by atoms with Crippen LogP contribution in [-0.4, -0.2) is 105 Å². The maximum Gasteiger partial charge on any atom is 0.284 e. The van der Waals surface area contributed by atoms with E-state index in [2.05, 4.69) is 42.5 Å². The maximum atomic E-state index is 14.3. The Labute approximate surface area is 372 Å². The molecule has 2 bridgehead atoms. The lowest BCUT2D eigenvalue weighted by atomic mass is 9.85. The van der Waals surface area contributed by atoms with E-state index in [0.717, 1.165) is 104 Å². The van der Waals surface area contributed by atoms with Gasteiger partial charge in [0.25, 0.3) is 12.3 Å². The van der Waals surface area contributed by atoms with Crippen LogP contribution in [0.3, 0.4) is 0 Å². The predicted molar refractivity (Wildman–Crippen MR) is 236 cm³/mol. The standard InChI is InChI=1S/C48H49F2N9O6/c49-45(50)44-39(52-48(62)37-22-51-58-19-16-41(53-46(37)58)57-24-33-21-31(57)26-64-33)25-59(55-44)30-8-6-28(7-9-30)23-56-17-14-32(15-18-56)63-20-2-4-29-3-1-5-35-34(29)10-12-40-43(35)38(27-65-40)36-11-13-42(60)54-47(36)61/h1,3,5,10,12,16,19,22,25,27-28,30-33,36,45H,6-9,11,13-15,17-18,20-21,23-24,26H2,(H,52,62)(H,54,60,61)/t28?,30?,31-,33-,36+/m1/s1. The highest BCUT2D eigenvalue weighted by Crippen LogP contribution is 2.39. The topological polar surface area (TPSA) is 161 Å². The second-order valence-corrected chi connectivity index (χ2v) is 18.1. The van der Waals surface area contributed by atoms with Crippen LogP contribution in [0.5, 0.6) is 0 Å².